The molecule has 4 nitrogen and oxygen atoms in total. The topological polar surface area (TPSA) is 52.9 Å². The van der Waals surface area contributed by atoms with Crippen LogP contribution in [0.4, 0.5) is 4.39 Å². The van der Waals surface area contributed by atoms with Crippen LogP contribution in [0.1, 0.15) is 33.3 Å². The second kappa shape index (κ2) is 6.44. The van der Waals surface area contributed by atoms with Gasteiger partial charge in [0.25, 0.3) is 0 Å². The molecule has 0 saturated carbocycles. The maximum absolute atomic E-state index is 14.0. The first kappa shape index (κ1) is 18.1. The number of benzene rings is 1. The molecule has 118 valence electrons. The third-order valence-corrected chi connectivity index (χ3v) is 3.73. The molecule has 0 heterocycles. The standard InChI is InChI=1S/C15H25BFNO3/c1-14(2,19)15(3,4)21-16(20)12-8-7-11(10-18(5)6)13(17)9-12/h7-9,19-20H,10H2,1-6H3. The summed E-state index contributed by atoms with van der Waals surface area (Å²) in [6.07, 6.45) is 0. The largest absolute Gasteiger partial charge is 0.491 e. The van der Waals surface area contributed by atoms with E-state index in [-0.39, 0.29) is 5.82 Å². The average Bonchev–Trinajstić information content (AvgIpc) is 2.29. The van der Waals surface area contributed by atoms with Crippen molar-refractivity contribution < 1.29 is 19.2 Å². The number of aliphatic hydroxyl groups is 1. The molecule has 0 unspecified atom stereocenters. The van der Waals surface area contributed by atoms with Crippen LogP contribution in [0, 0.1) is 5.82 Å². The molecule has 0 fully saturated rings. The lowest BCUT2D eigenvalue weighted by Gasteiger charge is -2.38. The minimum atomic E-state index is -1.30. The Morgan fingerprint density at radius 3 is 2.24 bits per heavy atom. The van der Waals surface area contributed by atoms with Crippen molar-refractivity contribution in [2.45, 2.75) is 45.4 Å². The summed E-state index contributed by atoms with van der Waals surface area (Å²) >= 11 is 0. The first-order chi connectivity index (χ1) is 9.44. The lowest BCUT2D eigenvalue weighted by atomic mass is 9.76. The van der Waals surface area contributed by atoms with Gasteiger partial charge in [0.05, 0.1) is 11.2 Å². The minimum absolute atomic E-state index is 0.326. The zero-order valence-electron chi connectivity index (χ0n) is 13.6. The van der Waals surface area contributed by atoms with Crippen LogP contribution in [-0.4, -0.2) is 47.4 Å². The SMILES string of the molecule is CN(C)Cc1ccc(B(O)OC(C)(C)C(C)(C)O)cc1F. The van der Waals surface area contributed by atoms with E-state index in [1.54, 1.807) is 39.8 Å². The molecule has 0 aliphatic carbocycles. The lowest BCUT2D eigenvalue weighted by molar-refractivity contribution is -0.0982. The van der Waals surface area contributed by atoms with Gasteiger partial charge in [0.2, 0.25) is 0 Å². The highest BCUT2D eigenvalue weighted by Gasteiger charge is 2.39. The molecule has 0 radical (unpaired) electrons. The van der Waals surface area contributed by atoms with Crippen molar-refractivity contribution in [2.24, 2.45) is 0 Å². The Bertz CT molecular complexity index is 486. The van der Waals surface area contributed by atoms with Crippen LogP contribution >= 0.6 is 0 Å². The molecule has 0 saturated heterocycles. The van der Waals surface area contributed by atoms with E-state index in [1.165, 1.54) is 6.07 Å². The number of rotatable bonds is 6. The first-order valence-electron chi connectivity index (χ1n) is 6.95. The molecule has 1 rings (SSSR count). The van der Waals surface area contributed by atoms with E-state index in [4.69, 9.17) is 4.65 Å². The summed E-state index contributed by atoms with van der Waals surface area (Å²) < 4.78 is 19.5. The van der Waals surface area contributed by atoms with E-state index in [1.807, 2.05) is 19.0 Å². The molecule has 0 aliphatic heterocycles. The summed E-state index contributed by atoms with van der Waals surface area (Å²) in [5.74, 6) is -0.384. The highest BCUT2D eigenvalue weighted by Crippen LogP contribution is 2.25. The number of hydrogen-bond acceptors (Lipinski definition) is 4. The monoisotopic (exact) mass is 297 g/mol. The molecule has 6 heteroatoms. The molecule has 1 aromatic rings. The van der Waals surface area contributed by atoms with Crippen molar-refractivity contribution in [3.8, 4) is 0 Å². The Kier molecular flexibility index (Phi) is 5.55. The number of halogens is 1. The smallest absolute Gasteiger partial charge is 0.423 e. The predicted molar refractivity (Wildman–Crippen MR) is 82.9 cm³/mol. The number of nitrogens with zero attached hydrogens (tertiary/aromatic N) is 1. The summed E-state index contributed by atoms with van der Waals surface area (Å²) in [4.78, 5) is 1.86. The molecule has 2 N–H and O–H groups in total. The van der Waals surface area contributed by atoms with Gasteiger partial charge in [0.15, 0.2) is 0 Å². The van der Waals surface area contributed by atoms with Gasteiger partial charge in [-0.25, -0.2) is 4.39 Å². The maximum Gasteiger partial charge on any atom is 0.491 e. The fraction of sp³-hybridized carbons (Fsp3) is 0.600. The highest BCUT2D eigenvalue weighted by molar-refractivity contribution is 6.60. The second-order valence-electron chi connectivity index (χ2n) is 6.63. The Morgan fingerprint density at radius 2 is 1.81 bits per heavy atom. The third kappa shape index (κ3) is 4.78. The molecule has 0 atom stereocenters. The van der Waals surface area contributed by atoms with Gasteiger partial charge in [-0.2, -0.15) is 0 Å². The van der Waals surface area contributed by atoms with Crippen molar-refractivity contribution in [1.82, 2.24) is 4.90 Å². The van der Waals surface area contributed by atoms with Crippen molar-refractivity contribution in [2.75, 3.05) is 14.1 Å². The van der Waals surface area contributed by atoms with Crippen LogP contribution in [0.15, 0.2) is 18.2 Å². The second-order valence-corrected chi connectivity index (χ2v) is 6.63. The molecule has 0 amide bonds. The van der Waals surface area contributed by atoms with E-state index in [9.17, 15) is 14.5 Å². The van der Waals surface area contributed by atoms with Gasteiger partial charge in [-0.15, -0.1) is 0 Å². The average molecular weight is 297 g/mol. The fourth-order valence-electron chi connectivity index (χ4n) is 1.68. The maximum atomic E-state index is 14.0. The quantitative estimate of drug-likeness (QED) is 0.773. The summed E-state index contributed by atoms with van der Waals surface area (Å²) in [6.45, 7) is 7.03. The van der Waals surface area contributed by atoms with Crippen LogP contribution < -0.4 is 5.46 Å². The minimum Gasteiger partial charge on any atom is -0.423 e. The van der Waals surface area contributed by atoms with Crippen LogP contribution in [0.3, 0.4) is 0 Å². The normalized spacial score (nSPS) is 12.9. The van der Waals surface area contributed by atoms with Crippen molar-refractivity contribution in [3.63, 3.8) is 0 Å². The Morgan fingerprint density at radius 1 is 1.24 bits per heavy atom. The zero-order valence-corrected chi connectivity index (χ0v) is 13.6. The van der Waals surface area contributed by atoms with Crippen LogP contribution in [0.5, 0.6) is 0 Å². The Balaban J connectivity index is 2.89. The fourth-order valence-corrected chi connectivity index (χ4v) is 1.68. The summed E-state index contributed by atoms with van der Waals surface area (Å²) in [7, 11) is 2.42. The molecule has 0 aliphatic rings. The first-order valence-corrected chi connectivity index (χ1v) is 6.95. The van der Waals surface area contributed by atoms with E-state index in [0.29, 0.717) is 17.6 Å². The zero-order chi connectivity index (χ0) is 16.4. The van der Waals surface area contributed by atoms with Crippen LogP contribution in [0.2, 0.25) is 0 Å². The molecule has 0 aromatic heterocycles. The lowest BCUT2D eigenvalue weighted by Crippen LogP contribution is -2.53. The molecule has 21 heavy (non-hydrogen) atoms. The van der Waals surface area contributed by atoms with Gasteiger partial charge in [0, 0.05) is 12.1 Å². The van der Waals surface area contributed by atoms with Gasteiger partial charge >= 0.3 is 7.12 Å². The van der Waals surface area contributed by atoms with Gasteiger partial charge in [-0.05, 0) is 53.3 Å². The third-order valence-electron chi connectivity index (χ3n) is 3.73. The van der Waals surface area contributed by atoms with Crippen LogP contribution in [-0.2, 0) is 11.2 Å². The van der Waals surface area contributed by atoms with E-state index >= 15 is 0 Å². The Hall–Kier alpha value is -0.945. The molecular weight excluding hydrogens is 272 g/mol. The van der Waals surface area contributed by atoms with Gasteiger partial charge < -0.3 is 19.7 Å². The molecule has 0 bridgehead atoms. The van der Waals surface area contributed by atoms with E-state index in [2.05, 4.69) is 0 Å². The molecular formula is C15H25BFNO3. The predicted octanol–water partition coefficient (Wildman–Crippen LogP) is 1.14. The van der Waals surface area contributed by atoms with E-state index < -0.39 is 18.3 Å². The van der Waals surface area contributed by atoms with Crippen molar-refractivity contribution in [3.05, 3.63) is 29.6 Å². The summed E-state index contributed by atoms with van der Waals surface area (Å²) in [6, 6.07) is 4.53. The summed E-state index contributed by atoms with van der Waals surface area (Å²) in [5, 5.41) is 20.1. The van der Waals surface area contributed by atoms with Crippen molar-refractivity contribution in [1.29, 1.82) is 0 Å². The van der Waals surface area contributed by atoms with Gasteiger partial charge in [-0.3, -0.25) is 0 Å². The van der Waals surface area contributed by atoms with Gasteiger partial charge in [-0.1, -0.05) is 12.1 Å². The molecule has 1 aromatic carbocycles. The highest BCUT2D eigenvalue weighted by atomic mass is 19.1. The Labute approximate surface area is 126 Å². The van der Waals surface area contributed by atoms with Gasteiger partial charge in [0.1, 0.15) is 5.82 Å². The van der Waals surface area contributed by atoms with E-state index in [0.717, 1.165) is 0 Å². The molecule has 0 spiro atoms. The number of hydrogen-bond donors (Lipinski definition) is 2. The summed E-state index contributed by atoms with van der Waals surface area (Å²) in [5.41, 5.74) is -1.24. The van der Waals surface area contributed by atoms with Crippen molar-refractivity contribution >= 4 is 12.6 Å². The van der Waals surface area contributed by atoms with Crippen LogP contribution in [0.25, 0.3) is 0 Å².